The Balaban J connectivity index is 2.10. The number of rotatable bonds is 7. The Morgan fingerprint density at radius 2 is 2.05 bits per heavy atom. The average molecular weight is 311 g/mol. The molecule has 0 saturated heterocycles. The third-order valence-corrected chi connectivity index (χ3v) is 4.67. The predicted octanol–water partition coefficient (Wildman–Crippen LogP) is 2.61. The van der Waals surface area contributed by atoms with E-state index in [1.165, 1.54) is 5.56 Å². The first-order valence-electron chi connectivity index (χ1n) is 7.60. The molecule has 2 N–H and O–H groups in total. The molecule has 1 aromatic carbocycles. The van der Waals surface area contributed by atoms with E-state index in [0.717, 1.165) is 30.2 Å². The summed E-state index contributed by atoms with van der Waals surface area (Å²) in [5.74, 6) is 2.60. The third-order valence-electron chi connectivity index (χ3n) is 3.43. The highest BCUT2D eigenvalue weighted by Gasteiger charge is 2.16. The molecule has 1 aliphatic heterocycles. The van der Waals surface area contributed by atoms with Crippen LogP contribution in [-0.2, 0) is 0 Å². The van der Waals surface area contributed by atoms with E-state index in [4.69, 9.17) is 14.6 Å². The molecule has 2 atom stereocenters. The van der Waals surface area contributed by atoms with Crippen molar-refractivity contribution < 1.29 is 14.6 Å². The van der Waals surface area contributed by atoms with Crippen LogP contribution in [0.3, 0.4) is 0 Å². The van der Waals surface area contributed by atoms with Crippen molar-refractivity contribution in [2.24, 2.45) is 0 Å². The Bertz CT molecular complexity index is 442. The van der Waals surface area contributed by atoms with E-state index in [-0.39, 0.29) is 17.9 Å². The largest absolute Gasteiger partial charge is 0.490 e. The topological polar surface area (TPSA) is 50.7 Å². The van der Waals surface area contributed by atoms with Crippen LogP contribution < -0.4 is 14.8 Å². The van der Waals surface area contributed by atoms with Gasteiger partial charge in [0.2, 0.25) is 0 Å². The Kier molecular flexibility index (Phi) is 6.67. The lowest BCUT2D eigenvalue weighted by atomic mass is 10.1. The molecule has 2 rings (SSSR count). The van der Waals surface area contributed by atoms with Gasteiger partial charge in [0.15, 0.2) is 11.5 Å². The summed E-state index contributed by atoms with van der Waals surface area (Å²) in [4.78, 5) is 0. The van der Waals surface area contributed by atoms with Crippen LogP contribution >= 0.6 is 11.8 Å². The van der Waals surface area contributed by atoms with Gasteiger partial charge in [-0.1, -0.05) is 19.9 Å². The second-order valence-corrected chi connectivity index (χ2v) is 6.66. The number of fused-ring (bicyclic) bond motifs is 1. The molecule has 0 aromatic heterocycles. The summed E-state index contributed by atoms with van der Waals surface area (Å²) in [6.07, 6.45) is 0.921. The van der Waals surface area contributed by atoms with Crippen molar-refractivity contribution in [1.29, 1.82) is 0 Å². The highest BCUT2D eigenvalue weighted by Crippen LogP contribution is 2.33. The van der Waals surface area contributed by atoms with Crippen LogP contribution in [-0.4, -0.2) is 42.5 Å². The molecule has 118 valence electrons. The standard InChI is InChI=1S/C16H25NO3S/c1-3-17-14(11-21-12(2)10-18)13-5-6-15-16(9-13)20-8-4-7-19-15/h5-6,9,12,14,17-18H,3-4,7-8,10-11H2,1-2H3. The van der Waals surface area contributed by atoms with Crippen molar-refractivity contribution in [3.05, 3.63) is 23.8 Å². The van der Waals surface area contributed by atoms with Gasteiger partial charge in [-0.25, -0.2) is 0 Å². The maximum atomic E-state index is 9.16. The maximum Gasteiger partial charge on any atom is 0.161 e. The SMILES string of the molecule is CCNC(CSC(C)CO)c1ccc2c(c1)OCCCO2. The summed E-state index contributed by atoms with van der Waals surface area (Å²) in [5, 5.41) is 12.9. The molecule has 0 saturated carbocycles. The van der Waals surface area contributed by atoms with Gasteiger partial charge in [-0.15, -0.1) is 0 Å². The Hall–Kier alpha value is -0.910. The molecule has 0 amide bonds. The summed E-state index contributed by atoms with van der Waals surface area (Å²) >= 11 is 1.78. The smallest absolute Gasteiger partial charge is 0.161 e. The van der Waals surface area contributed by atoms with Crippen LogP contribution in [0.5, 0.6) is 11.5 Å². The van der Waals surface area contributed by atoms with Crippen LogP contribution in [0.2, 0.25) is 0 Å². The number of nitrogens with one attached hydrogen (secondary N) is 1. The number of benzene rings is 1. The number of thioether (sulfide) groups is 1. The summed E-state index contributed by atoms with van der Waals surface area (Å²) in [6.45, 7) is 6.70. The second kappa shape index (κ2) is 8.51. The molecular weight excluding hydrogens is 286 g/mol. The highest BCUT2D eigenvalue weighted by molar-refractivity contribution is 7.99. The van der Waals surface area contributed by atoms with Crippen molar-refractivity contribution in [2.75, 3.05) is 32.1 Å². The fourth-order valence-corrected chi connectivity index (χ4v) is 3.17. The molecule has 4 nitrogen and oxygen atoms in total. The minimum atomic E-state index is 0.213. The first-order chi connectivity index (χ1) is 10.2. The minimum Gasteiger partial charge on any atom is -0.490 e. The molecular formula is C16H25NO3S. The number of aliphatic hydroxyl groups is 1. The van der Waals surface area contributed by atoms with Gasteiger partial charge >= 0.3 is 0 Å². The van der Waals surface area contributed by atoms with Gasteiger partial charge in [-0.2, -0.15) is 11.8 Å². The van der Waals surface area contributed by atoms with Crippen LogP contribution in [0.1, 0.15) is 31.9 Å². The van der Waals surface area contributed by atoms with E-state index >= 15 is 0 Å². The summed E-state index contributed by atoms with van der Waals surface area (Å²) < 4.78 is 11.4. The lowest BCUT2D eigenvalue weighted by molar-refractivity contribution is 0.297. The highest BCUT2D eigenvalue weighted by atomic mass is 32.2. The first kappa shape index (κ1) is 16.5. The Morgan fingerprint density at radius 3 is 2.76 bits per heavy atom. The van der Waals surface area contributed by atoms with E-state index in [0.29, 0.717) is 13.2 Å². The molecule has 0 spiro atoms. The summed E-state index contributed by atoms with van der Waals surface area (Å²) in [6, 6.07) is 6.44. The molecule has 0 aliphatic carbocycles. The van der Waals surface area contributed by atoms with E-state index < -0.39 is 0 Å². The number of ether oxygens (including phenoxy) is 2. The van der Waals surface area contributed by atoms with E-state index in [1.807, 2.05) is 13.0 Å². The van der Waals surface area contributed by atoms with E-state index in [1.54, 1.807) is 11.8 Å². The zero-order valence-electron chi connectivity index (χ0n) is 12.8. The summed E-state index contributed by atoms with van der Waals surface area (Å²) in [7, 11) is 0. The second-order valence-electron chi connectivity index (χ2n) is 5.19. The van der Waals surface area contributed by atoms with E-state index in [9.17, 15) is 0 Å². The molecule has 21 heavy (non-hydrogen) atoms. The molecule has 0 bridgehead atoms. The zero-order valence-corrected chi connectivity index (χ0v) is 13.6. The van der Waals surface area contributed by atoms with Crippen molar-refractivity contribution in [2.45, 2.75) is 31.6 Å². The number of aliphatic hydroxyl groups excluding tert-OH is 1. The van der Waals surface area contributed by atoms with Gasteiger partial charge in [0.1, 0.15) is 0 Å². The van der Waals surface area contributed by atoms with Crippen LogP contribution in [0, 0.1) is 0 Å². The van der Waals surface area contributed by atoms with Crippen LogP contribution in [0.25, 0.3) is 0 Å². The lowest BCUT2D eigenvalue weighted by Gasteiger charge is -2.21. The predicted molar refractivity (Wildman–Crippen MR) is 87.5 cm³/mol. The molecule has 1 heterocycles. The monoisotopic (exact) mass is 311 g/mol. The quantitative estimate of drug-likeness (QED) is 0.811. The fraction of sp³-hybridized carbons (Fsp3) is 0.625. The van der Waals surface area contributed by atoms with Gasteiger partial charge < -0.3 is 19.9 Å². The lowest BCUT2D eigenvalue weighted by Crippen LogP contribution is -2.24. The van der Waals surface area contributed by atoms with Crippen LogP contribution in [0.15, 0.2) is 18.2 Å². The molecule has 2 unspecified atom stereocenters. The molecule has 1 aromatic rings. The summed E-state index contributed by atoms with van der Waals surface area (Å²) in [5.41, 5.74) is 1.21. The van der Waals surface area contributed by atoms with Gasteiger partial charge in [-0.05, 0) is 24.2 Å². The van der Waals surface area contributed by atoms with Gasteiger partial charge in [0.25, 0.3) is 0 Å². The molecule has 0 radical (unpaired) electrons. The van der Waals surface area contributed by atoms with Gasteiger partial charge in [-0.3, -0.25) is 0 Å². The minimum absolute atomic E-state index is 0.213. The number of hydrogen-bond acceptors (Lipinski definition) is 5. The van der Waals surface area contributed by atoms with Crippen molar-refractivity contribution in [3.8, 4) is 11.5 Å². The zero-order chi connectivity index (χ0) is 15.1. The van der Waals surface area contributed by atoms with Crippen molar-refractivity contribution in [1.82, 2.24) is 5.32 Å². The van der Waals surface area contributed by atoms with Gasteiger partial charge in [0, 0.05) is 23.5 Å². The molecule has 0 fully saturated rings. The van der Waals surface area contributed by atoms with Crippen LogP contribution in [0.4, 0.5) is 0 Å². The Morgan fingerprint density at radius 1 is 1.29 bits per heavy atom. The maximum absolute atomic E-state index is 9.16. The Labute approximate surface area is 131 Å². The van der Waals surface area contributed by atoms with Gasteiger partial charge in [0.05, 0.1) is 19.8 Å². The molecule has 5 heteroatoms. The average Bonchev–Trinajstić information content (AvgIpc) is 2.75. The normalized spacial score (nSPS) is 17.1. The fourth-order valence-electron chi connectivity index (χ4n) is 2.23. The molecule has 1 aliphatic rings. The van der Waals surface area contributed by atoms with E-state index in [2.05, 4.69) is 24.4 Å². The number of hydrogen-bond donors (Lipinski definition) is 2. The van der Waals surface area contributed by atoms with Crippen molar-refractivity contribution in [3.63, 3.8) is 0 Å². The first-order valence-corrected chi connectivity index (χ1v) is 8.64. The third kappa shape index (κ3) is 4.80. The van der Waals surface area contributed by atoms with Crippen molar-refractivity contribution >= 4 is 11.8 Å².